The number of carbonyl (C=O) groups excluding carboxylic acids is 2. The van der Waals surface area contributed by atoms with Gasteiger partial charge in [0.2, 0.25) is 0 Å². The third-order valence-electron chi connectivity index (χ3n) is 5.70. The van der Waals surface area contributed by atoms with E-state index in [9.17, 15) is 14.9 Å². The average molecular weight is 414 g/mol. The van der Waals surface area contributed by atoms with Crippen LogP contribution < -0.4 is 4.74 Å². The molecule has 1 aliphatic rings. The Morgan fingerprint density at radius 1 is 1.19 bits per heavy atom. The van der Waals surface area contributed by atoms with Crippen molar-refractivity contribution in [2.75, 3.05) is 20.2 Å². The summed E-state index contributed by atoms with van der Waals surface area (Å²) in [5.41, 5.74) is 4.24. The number of fused-ring (bicyclic) bond motifs is 1. The van der Waals surface area contributed by atoms with Crippen LogP contribution in [0.3, 0.4) is 0 Å². The quantitative estimate of drug-likeness (QED) is 0.399. The highest BCUT2D eigenvalue weighted by atomic mass is 16.5. The predicted molar refractivity (Wildman–Crippen MR) is 117 cm³/mol. The van der Waals surface area contributed by atoms with Gasteiger partial charge in [-0.25, -0.2) is 0 Å². The highest BCUT2D eigenvalue weighted by Crippen LogP contribution is 2.31. The van der Waals surface area contributed by atoms with Crippen molar-refractivity contribution in [3.8, 4) is 11.8 Å². The molecule has 1 aliphatic heterocycles. The Balaban J connectivity index is 1.55. The number of amides is 1. The summed E-state index contributed by atoms with van der Waals surface area (Å²) in [4.78, 5) is 34.9. The fourth-order valence-electron chi connectivity index (χ4n) is 4.02. The highest BCUT2D eigenvalue weighted by molar-refractivity contribution is 6.45. The van der Waals surface area contributed by atoms with Crippen LogP contribution in [-0.2, 0) is 4.79 Å². The van der Waals surface area contributed by atoms with Gasteiger partial charge in [0, 0.05) is 19.3 Å². The minimum absolute atomic E-state index is 0.283. The zero-order valence-electron chi connectivity index (χ0n) is 17.4. The molecule has 0 atom stereocenters. The number of ketones is 1. The van der Waals surface area contributed by atoms with E-state index < -0.39 is 11.7 Å². The first-order chi connectivity index (χ1) is 15.0. The fraction of sp³-hybridized carbons (Fsp3) is 0.250. The lowest BCUT2D eigenvalue weighted by Gasteiger charge is -2.28. The van der Waals surface area contributed by atoms with Crippen molar-refractivity contribution in [3.63, 3.8) is 0 Å². The van der Waals surface area contributed by atoms with E-state index in [1.54, 1.807) is 17.3 Å². The summed E-state index contributed by atoms with van der Waals surface area (Å²) in [7, 11) is 1.51. The number of carbonyl (C=O) groups is 2. The van der Waals surface area contributed by atoms with E-state index in [-0.39, 0.29) is 5.56 Å². The van der Waals surface area contributed by atoms with Gasteiger partial charge in [-0.05, 0) is 30.9 Å². The van der Waals surface area contributed by atoms with E-state index >= 15 is 0 Å². The summed E-state index contributed by atoms with van der Waals surface area (Å²) in [5, 5.41) is 10.2. The Morgan fingerprint density at radius 3 is 2.55 bits per heavy atom. The predicted octanol–water partition coefficient (Wildman–Crippen LogP) is 3.66. The number of aryl methyl sites for hydroxylation is 1. The molecule has 7 nitrogen and oxygen atoms in total. The number of rotatable bonds is 4. The van der Waals surface area contributed by atoms with Gasteiger partial charge in [-0.15, -0.1) is 0 Å². The molecular weight excluding hydrogens is 392 g/mol. The maximum atomic E-state index is 13.0. The molecule has 1 amide bonds. The molecule has 2 aromatic heterocycles. The lowest BCUT2D eigenvalue weighted by Crippen LogP contribution is -2.40. The first kappa shape index (κ1) is 20.4. The second-order valence-corrected chi connectivity index (χ2v) is 7.44. The number of hydrogen-bond acceptors (Lipinski definition) is 5. The number of hydrogen-bond donors (Lipinski definition) is 1. The Kier molecular flexibility index (Phi) is 5.54. The monoisotopic (exact) mass is 414 g/mol. The number of benzene rings is 1. The van der Waals surface area contributed by atoms with Crippen molar-refractivity contribution in [1.29, 1.82) is 5.26 Å². The fourth-order valence-corrected chi connectivity index (χ4v) is 4.02. The number of pyridine rings is 1. The van der Waals surface area contributed by atoms with E-state index in [2.05, 4.69) is 16.0 Å². The Hall–Kier alpha value is -3.92. The molecule has 1 saturated heterocycles. The van der Waals surface area contributed by atoms with Crippen LogP contribution in [0.4, 0.5) is 0 Å². The average Bonchev–Trinajstić information content (AvgIpc) is 3.26. The van der Waals surface area contributed by atoms with Crippen LogP contribution in [0.15, 0.2) is 48.3 Å². The van der Waals surface area contributed by atoms with Gasteiger partial charge in [0.1, 0.15) is 5.75 Å². The van der Waals surface area contributed by atoms with Crippen molar-refractivity contribution in [2.24, 2.45) is 0 Å². The number of likely N-dealkylation sites (tertiary alicyclic amines) is 1. The molecule has 31 heavy (non-hydrogen) atoms. The smallest absolute Gasteiger partial charge is 0.295 e. The zero-order chi connectivity index (χ0) is 22.0. The van der Waals surface area contributed by atoms with Gasteiger partial charge in [-0.2, -0.15) is 5.26 Å². The van der Waals surface area contributed by atoms with Gasteiger partial charge >= 0.3 is 0 Å². The van der Waals surface area contributed by atoms with Crippen molar-refractivity contribution < 1.29 is 14.3 Å². The minimum Gasteiger partial charge on any atom is -0.494 e. The second kappa shape index (κ2) is 8.44. The van der Waals surface area contributed by atoms with Crippen molar-refractivity contribution in [2.45, 2.75) is 19.8 Å². The molecule has 4 rings (SSSR count). The van der Waals surface area contributed by atoms with Crippen LogP contribution in [0.1, 0.15) is 34.5 Å². The number of allylic oxidation sites excluding steroid dienone is 1. The number of aromatic nitrogens is 2. The maximum Gasteiger partial charge on any atom is 0.295 e. The topological polar surface area (TPSA) is 99.1 Å². The number of methoxy groups -OCH3 is 1. The van der Waals surface area contributed by atoms with Gasteiger partial charge in [0.15, 0.2) is 0 Å². The molecule has 0 spiro atoms. The van der Waals surface area contributed by atoms with Crippen molar-refractivity contribution in [1.82, 2.24) is 14.9 Å². The van der Waals surface area contributed by atoms with Crippen molar-refractivity contribution in [3.05, 3.63) is 65.1 Å². The van der Waals surface area contributed by atoms with E-state index in [0.717, 1.165) is 16.8 Å². The summed E-state index contributed by atoms with van der Waals surface area (Å²) in [6.07, 6.45) is 4.23. The van der Waals surface area contributed by atoms with Gasteiger partial charge in [0.05, 0.1) is 47.1 Å². The van der Waals surface area contributed by atoms with Crippen LogP contribution in [0.5, 0.6) is 5.75 Å². The SMILES string of the molecule is COc1cnc(C)c2[nH]cc(C(=O)C(=O)N3CCC(=C(C#N)c4ccccc4)CC3)c12. The summed E-state index contributed by atoms with van der Waals surface area (Å²) >= 11 is 0. The molecule has 0 saturated carbocycles. The summed E-state index contributed by atoms with van der Waals surface area (Å²) in [6.45, 7) is 2.63. The number of ether oxygens (including phenoxy) is 1. The van der Waals surface area contributed by atoms with Gasteiger partial charge in [-0.3, -0.25) is 14.6 Å². The number of piperidine rings is 1. The summed E-state index contributed by atoms with van der Waals surface area (Å²) in [6, 6.07) is 11.8. The maximum absolute atomic E-state index is 13.0. The normalized spacial score (nSPS) is 13.7. The second-order valence-electron chi connectivity index (χ2n) is 7.44. The van der Waals surface area contributed by atoms with Crippen LogP contribution in [0, 0.1) is 18.3 Å². The highest BCUT2D eigenvalue weighted by Gasteiger charge is 2.29. The molecule has 3 heterocycles. The lowest BCUT2D eigenvalue weighted by molar-refractivity contribution is -0.126. The van der Waals surface area contributed by atoms with Gasteiger partial charge < -0.3 is 14.6 Å². The standard InChI is InChI=1S/C24H22N4O3/c1-15-22-21(20(31-2)14-26-15)19(13-27-22)23(29)24(30)28-10-8-17(9-11-28)18(12-25)16-6-4-3-5-7-16/h3-7,13-14,27H,8-11H2,1-2H3. The summed E-state index contributed by atoms with van der Waals surface area (Å²) < 4.78 is 5.36. The molecule has 1 aromatic carbocycles. The number of nitrogens with zero attached hydrogens (tertiary/aromatic N) is 3. The summed E-state index contributed by atoms with van der Waals surface area (Å²) in [5.74, 6) is -0.677. The molecule has 3 aromatic rings. The largest absolute Gasteiger partial charge is 0.494 e. The molecule has 0 unspecified atom stereocenters. The van der Waals surface area contributed by atoms with E-state index in [0.29, 0.717) is 48.2 Å². The van der Waals surface area contributed by atoms with E-state index in [1.807, 2.05) is 37.3 Å². The van der Waals surface area contributed by atoms with E-state index in [1.165, 1.54) is 7.11 Å². The Labute approximate surface area is 180 Å². The first-order valence-electron chi connectivity index (χ1n) is 10.1. The molecule has 1 fully saturated rings. The zero-order valence-corrected chi connectivity index (χ0v) is 17.4. The minimum atomic E-state index is -0.578. The number of nitrogens with one attached hydrogen (secondary N) is 1. The molecular formula is C24H22N4O3. The Bertz CT molecular complexity index is 1220. The number of aromatic amines is 1. The van der Waals surface area contributed by atoms with Crippen LogP contribution in [0.25, 0.3) is 16.5 Å². The third kappa shape index (κ3) is 3.68. The van der Waals surface area contributed by atoms with E-state index in [4.69, 9.17) is 4.74 Å². The van der Waals surface area contributed by atoms with Crippen molar-refractivity contribution >= 4 is 28.2 Å². The third-order valence-corrected chi connectivity index (χ3v) is 5.70. The van der Waals surface area contributed by atoms with Gasteiger partial charge in [-0.1, -0.05) is 30.3 Å². The Morgan fingerprint density at radius 2 is 1.90 bits per heavy atom. The molecule has 0 bridgehead atoms. The number of nitriles is 1. The molecule has 7 heteroatoms. The number of Topliss-reactive ketones (excluding diaryl/α,β-unsaturated/α-hetero) is 1. The first-order valence-corrected chi connectivity index (χ1v) is 10.1. The van der Waals surface area contributed by atoms with Gasteiger partial charge in [0.25, 0.3) is 11.7 Å². The lowest BCUT2D eigenvalue weighted by atomic mass is 9.93. The van der Waals surface area contributed by atoms with Crippen LogP contribution in [-0.4, -0.2) is 46.8 Å². The molecule has 0 radical (unpaired) electrons. The number of H-pyrrole nitrogens is 1. The molecule has 1 N–H and O–H groups in total. The van der Waals surface area contributed by atoms with Crippen LogP contribution >= 0.6 is 0 Å². The van der Waals surface area contributed by atoms with Crippen LogP contribution in [0.2, 0.25) is 0 Å². The molecule has 0 aliphatic carbocycles. The molecule has 156 valence electrons.